The molecule has 1 fully saturated rings. The Morgan fingerprint density at radius 2 is 1.86 bits per heavy atom. The van der Waals surface area contributed by atoms with Crippen molar-refractivity contribution < 1.29 is 9.53 Å². The lowest BCUT2D eigenvalue weighted by molar-refractivity contribution is 0.0295. The van der Waals surface area contributed by atoms with Gasteiger partial charge in [0.2, 0.25) is 0 Å². The van der Waals surface area contributed by atoms with E-state index in [-0.39, 0.29) is 5.91 Å². The first kappa shape index (κ1) is 13.8. The van der Waals surface area contributed by atoms with Crippen LogP contribution in [-0.2, 0) is 11.8 Å². The van der Waals surface area contributed by atoms with Crippen LogP contribution in [0.2, 0.25) is 0 Å². The maximum Gasteiger partial charge on any atom is 0.272 e. The molecule has 0 radical (unpaired) electrons. The first-order chi connectivity index (χ1) is 10.2. The average molecular weight is 285 g/mol. The summed E-state index contributed by atoms with van der Waals surface area (Å²) < 4.78 is 6.99. The van der Waals surface area contributed by atoms with Crippen LogP contribution in [0, 0.1) is 6.92 Å². The monoisotopic (exact) mass is 285 g/mol. The summed E-state index contributed by atoms with van der Waals surface area (Å²) in [6, 6.07) is 9.96. The standard InChI is InChI=1S/C16H19N3O2/c1-12-14(13-6-4-3-5-7-13)17-18(2)15(12)16(20)19-8-10-21-11-9-19/h3-7H,8-11H2,1-2H3. The van der Waals surface area contributed by atoms with Crippen molar-refractivity contribution >= 4 is 5.91 Å². The van der Waals surface area contributed by atoms with Crippen molar-refractivity contribution in [3.05, 3.63) is 41.6 Å². The molecular formula is C16H19N3O2. The number of morpholine rings is 1. The Labute approximate surface area is 124 Å². The van der Waals surface area contributed by atoms with Crippen molar-refractivity contribution in [1.82, 2.24) is 14.7 Å². The van der Waals surface area contributed by atoms with Crippen LogP contribution in [0.4, 0.5) is 0 Å². The number of hydrogen-bond donors (Lipinski definition) is 0. The zero-order valence-corrected chi connectivity index (χ0v) is 12.4. The number of benzene rings is 1. The van der Waals surface area contributed by atoms with Crippen LogP contribution in [0.15, 0.2) is 30.3 Å². The summed E-state index contributed by atoms with van der Waals surface area (Å²) in [5.74, 6) is 0.0352. The minimum absolute atomic E-state index is 0.0352. The largest absolute Gasteiger partial charge is 0.378 e. The Kier molecular flexibility index (Phi) is 3.75. The predicted molar refractivity (Wildman–Crippen MR) is 80.1 cm³/mol. The van der Waals surface area contributed by atoms with E-state index in [1.165, 1.54) is 0 Å². The quantitative estimate of drug-likeness (QED) is 0.846. The normalized spacial score (nSPS) is 15.2. The highest BCUT2D eigenvalue weighted by Crippen LogP contribution is 2.25. The summed E-state index contributed by atoms with van der Waals surface area (Å²) in [6.45, 7) is 4.46. The topological polar surface area (TPSA) is 47.4 Å². The van der Waals surface area contributed by atoms with Gasteiger partial charge in [0.05, 0.1) is 18.9 Å². The van der Waals surface area contributed by atoms with E-state index in [0.717, 1.165) is 16.8 Å². The van der Waals surface area contributed by atoms with Crippen LogP contribution >= 0.6 is 0 Å². The molecule has 1 aromatic heterocycles. The highest BCUT2D eigenvalue weighted by molar-refractivity contribution is 5.95. The Bertz CT molecular complexity index is 643. The van der Waals surface area contributed by atoms with Gasteiger partial charge in [0.15, 0.2) is 0 Å². The van der Waals surface area contributed by atoms with Gasteiger partial charge in [-0.1, -0.05) is 30.3 Å². The molecule has 0 aliphatic carbocycles. The number of nitrogens with zero attached hydrogens (tertiary/aromatic N) is 3. The van der Waals surface area contributed by atoms with E-state index in [2.05, 4.69) is 5.10 Å². The highest BCUT2D eigenvalue weighted by atomic mass is 16.5. The number of ether oxygens (including phenoxy) is 1. The number of aryl methyl sites for hydroxylation is 1. The van der Waals surface area contributed by atoms with Crippen molar-refractivity contribution in [2.75, 3.05) is 26.3 Å². The van der Waals surface area contributed by atoms with Gasteiger partial charge in [0.25, 0.3) is 5.91 Å². The van der Waals surface area contributed by atoms with Crippen molar-refractivity contribution in [2.24, 2.45) is 7.05 Å². The van der Waals surface area contributed by atoms with E-state index in [4.69, 9.17) is 4.74 Å². The second-order valence-electron chi connectivity index (χ2n) is 5.22. The molecular weight excluding hydrogens is 266 g/mol. The summed E-state index contributed by atoms with van der Waals surface area (Å²) >= 11 is 0. The van der Waals surface area contributed by atoms with Gasteiger partial charge < -0.3 is 9.64 Å². The minimum Gasteiger partial charge on any atom is -0.378 e. The SMILES string of the molecule is Cc1c(-c2ccccc2)nn(C)c1C(=O)N1CCOCC1. The lowest BCUT2D eigenvalue weighted by Crippen LogP contribution is -2.41. The third kappa shape index (κ3) is 2.56. The molecule has 110 valence electrons. The highest BCUT2D eigenvalue weighted by Gasteiger charge is 2.25. The van der Waals surface area contributed by atoms with Crippen LogP contribution < -0.4 is 0 Å². The molecule has 0 bridgehead atoms. The molecule has 1 aliphatic rings. The Morgan fingerprint density at radius 3 is 2.52 bits per heavy atom. The number of hydrogen-bond acceptors (Lipinski definition) is 3. The lowest BCUT2D eigenvalue weighted by Gasteiger charge is -2.27. The molecule has 1 saturated heterocycles. The van der Waals surface area contributed by atoms with E-state index in [1.54, 1.807) is 4.68 Å². The summed E-state index contributed by atoms with van der Waals surface area (Å²) in [5, 5.41) is 4.53. The number of amides is 1. The number of carbonyl (C=O) groups is 1. The summed E-state index contributed by atoms with van der Waals surface area (Å²) in [4.78, 5) is 14.5. The van der Waals surface area contributed by atoms with E-state index in [1.807, 2.05) is 49.2 Å². The molecule has 5 nitrogen and oxygen atoms in total. The molecule has 1 aliphatic heterocycles. The van der Waals surface area contributed by atoms with Crippen molar-refractivity contribution in [3.8, 4) is 11.3 Å². The maximum atomic E-state index is 12.7. The Morgan fingerprint density at radius 1 is 1.19 bits per heavy atom. The van der Waals surface area contributed by atoms with Crippen LogP contribution in [0.1, 0.15) is 16.1 Å². The molecule has 1 amide bonds. The number of rotatable bonds is 2. The zero-order chi connectivity index (χ0) is 14.8. The molecule has 0 spiro atoms. The minimum atomic E-state index is 0.0352. The van der Waals surface area contributed by atoms with Gasteiger partial charge in [-0.05, 0) is 6.92 Å². The maximum absolute atomic E-state index is 12.7. The fourth-order valence-electron chi connectivity index (χ4n) is 2.72. The summed E-state index contributed by atoms with van der Waals surface area (Å²) in [5.41, 5.74) is 3.50. The molecule has 0 saturated carbocycles. The van der Waals surface area contributed by atoms with Gasteiger partial charge in [-0.3, -0.25) is 9.48 Å². The second kappa shape index (κ2) is 5.69. The van der Waals surface area contributed by atoms with E-state index < -0.39 is 0 Å². The van der Waals surface area contributed by atoms with Crippen molar-refractivity contribution in [1.29, 1.82) is 0 Å². The van der Waals surface area contributed by atoms with Crippen molar-refractivity contribution in [3.63, 3.8) is 0 Å². The lowest BCUT2D eigenvalue weighted by atomic mass is 10.1. The Balaban J connectivity index is 1.96. The van der Waals surface area contributed by atoms with Gasteiger partial charge in [-0.25, -0.2) is 0 Å². The fraction of sp³-hybridized carbons (Fsp3) is 0.375. The van der Waals surface area contributed by atoms with E-state index in [0.29, 0.717) is 32.0 Å². The fourth-order valence-corrected chi connectivity index (χ4v) is 2.72. The van der Waals surface area contributed by atoms with Crippen LogP contribution in [-0.4, -0.2) is 46.9 Å². The second-order valence-corrected chi connectivity index (χ2v) is 5.22. The van der Waals surface area contributed by atoms with Crippen LogP contribution in [0.3, 0.4) is 0 Å². The number of aromatic nitrogens is 2. The molecule has 3 rings (SSSR count). The summed E-state index contributed by atoms with van der Waals surface area (Å²) in [7, 11) is 1.83. The third-order valence-electron chi connectivity index (χ3n) is 3.83. The first-order valence-corrected chi connectivity index (χ1v) is 7.14. The van der Waals surface area contributed by atoms with E-state index >= 15 is 0 Å². The predicted octanol–water partition coefficient (Wildman–Crippen LogP) is 1.87. The molecule has 2 aromatic rings. The van der Waals surface area contributed by atoms with Crippen LogP contribution in [0.5, 0.6) is 0 Å². The molecule has 2 heterocycles. The molecule has 0 N–H and O–H groups in total. The Hall–Kier alpha value is -2.14. The van der Waals surface area contributed by atoms with Gasteiger partial charge in [-0.2, -0.15) is 5.10 Å². The zero-order valence-electron chi connectivity index (χ0n) is 12.4. The van der Waals surface area contributed by atoms with Crippen molar-refractivity contribution in [2.45, 2.75) is 6.92 Å². The van der Waals surface area contributed by atoms with Gasteiger partial charge >= 0.3 is 0 Å². The average Bonchev–Trinajstić information content (AvgIpc) is 2.83. The third-order valence-corrected chi connectivity index (χ3v) is 3.83. The van der Waals surface area contributed by atoms with E-state index in [9.17, 15) is 4.79 Å². The molecule has 21 heavy (non-hydrogen) atoms. The van der Waals surface area contributed by atoms with Crippen LogP contribution in [0.25, 0.3) is 11.3 Å². The molecule has 0 unspecified atom stereocenters. The smallest absolute Gasteiger partial charge is 0.272 e. The molecule has 5 heteroatoms. The summed E-state index contributed by atoms with van der Waals surface area (Å²) in [6.07, 6.45) is 0. The van der Waals surface area contributed by atoms with Gasteiger partial charge in [0.1, 0.15) is 5.69 Å². The number of carbonyl (C=O) groups excluding carboxylic acids is 1. The molecule has 0 atom stereocenters. The molecule has 1 aromatic carbocycles. The van der Waals surface area contributed by atoms with Gasteiger partial charge in [0, 0.05) is 31.3 Å². The van der Waals surface area contributed by atoms with Gasteiger partial charge in [-0.15, -0.1) is 0 Å². The first-order valence-electron chi connectivity index (χ1n) is 7.14.